The number of hydrogen-bond donors (Lipinski definition) is 0. The summed E-state index contributed by atoms with van der Waals surface area (Å²) in [5.74, 6) is 0.808. The average Bonchev–Trinajstić information content (AvgIpc) is 3.05. The third-order valence-electron chi connectivity index (χ3n) is 8.18. The Bertz CT molecular complexity index is 733. The number of carbonyl (C=O) groups excluding carboxylic acids is 2. The summed E-state index contributed by atoms with van der Waals surface area (Å²) in [6, 6.07) is 0. The lowest BCUT2D eigenvalue weighted by molar-refractivity contribution is -0.178. The van der Waals surface area contributed by atoms with Gasteiger partial charge in [-0.1, -0.05) is 44.9 Å². The second kappa shape index (κ2) is 7.03. The third-order valence-corrected chi connectivity index (χ3v) is 8.18. The lowest BCUT2D eigenvalue weighted by atomic mass is 9.47. The predicted molar refractivity (Wildman–Crippen MR) is 107 cm³/mol. The first kappa shape index (κ1) is 19.7. The minimum atomic E-state index is -0.710. The van der Waals surface area contributed by atoms with E-state index >= 15 is 0 Å². The van der Waals surface area contributed by atoms with Crippen molar-refractivity contribution < 1.29 is 19.1 Å². The third kappa shape index (κ3) is 3.04. The maximum absolute atomic E-state index is 13.3. The van der Waals surface area contributed by atoms with Crippen molar-refractivity contribution >= 4 is 11.9 Å². The molecule has 0 radical (unpaired) electrons. The van der Waals surface area contributed by atoms with E-state index in [4.69, 9.17) is 9.47 Å². The number of rotatable bonds is 3. The normalized spacial score (nSPS) is 40.2. The van der Waals surface area contributed by atoms with E-state index in [1.165, 1.54) is 18.4 Å². The van der Waals surface area contributed by atoms with Crippen LogP contribution in [0.1, 0.15) is 72.6 Å². The van der Waals surface area contributed by atoms with E-state index in [2.05, 4.69) is 39.8 Å². The molecule has 0 N–H and O–H groups in total. The lowest BCUT2D eigenvalue weighted by Crippen LogP contribution is -2.54. The Morgan fingerprint density at radius 2 is 2.04 bits per heavy atom. The summed E-state index contributed by atoms with van der Waals surface area (Å²) in [7, 11) is 0. The fourth-order valence-electron chi connectivity index (χ4n) is 6.44. The van der Waals surface area contributed by atoms with Crippen molar-refractivity contribution in [2.75, 3.05) is 6.61 Å². The Hall–Kier alpha value is -1.58. The Kier molecular flexibility index (Phi) is 4.96. The van der Waals surface area contributed by atoms with Crippen LogP contribution in [0, 0.1) is 28.6 Å². The van der Waals surface area contributed by atoms with Crippen LogP contribution in [-0.2, 0) is 19.1 Å². The van der Waals surface area contributed by atoms with Crippen molar-refractivity contribution in [2.24, 2.45) is 28.6 Å². The first-order valence-corrected chi connectivity index (χ1v) is 11.0. The summed E-state index contributed by atoms with van der Waals surface area (Å²) < 4.78 is 10.7. The van der Waals surface area contributed by atoms with Gasteiger partial charge in [0.15, 0.2) is 0 Å². The van der Waals surface area contributed by atoms with E-state index in [0.717, 1.165) is 25.7 Å². The first-order chi connectivity index (χ1) is 13.3. The minimum absolute atomic E-state index is 0.116. The maximum Gasteiger partial charge on any atom is 0.347 e. The van der Waals surface area contributed by atoms with Gasteiger partial charge in [0.25, 0.3) is 0 Å². The van der Waals surface area contributed by atoms with Gasteiger partial charge in [0.05, 0.1) is 12.0 Å². The Balaban J connectivity index is 1.61. The van der Waals surface area contributed by atoms with Crippen LogP contribution in [0.5, 0.6) is 0 Å². The van der Waals surface area contributed by atoms with Crippen molar-refractivity contribution in [2.45, 2.75) is 78.7 Å². The summed E-state index contributed by atoms with van der Waals surface area (Å²) in [6.45, 7) is 9.39. The summed E-state index contributed by atoms with van der Waals surface area (Å²) >= 11 is 0. The summed E-state index contributed by atoms with van der Waals surface area (Å²) in [4.78, 5) is 25.1. The van der Waals surface area contributed by atoms with Crippen LogP contribution >= 0.6 is 0 Å². The van der Waals surface area contributed by atoms with E-state index in [-0.39, 0.29) is 23.3 Å². The smallest absolute Gasteiger partial charge is 0.347 e. The zero-order chi connectivity index (χ0) is 20.1. The Morgan fingerprint density at radius 1 is 1.25 bits per heavy atom. The standard InChI is InChI=1S/C24H34O4/c1-15(2)16-6-8-18-17(14-16)7-9-20-23(18,3)11-5-12-24(20,4)22(26)28-19-10-13-27-21(19)25/h7,14-15,18-20H,5-6,8-13H2,1-4H3. The molecule has 2 fully saturated rings. The molecule has 1 aliphatic heterocycles. The van der Waals surface area contributed by atoms with E-state index in [0.29, 0.717) is 24.9 Å². The number of allylic oxidation sites excluding steroid dienone is 4. The molecule has 0 spiro atoms. The average molecular weight is 387 g/mol. The van der Waals surface area contributed by atoms with Crippen molar-refractivity contribution in [3.8, 4) is 0 Å². The van der Waals surface area contributed by atoms with Crippen LogP contribution in [-0.4, -0.2) is 24.6 Å². The van der Waals surface area contributed by atoms with Crippen LogP contribution in [0.3, 0.4) is 0 Å². The van der Waals surface area contributed by atoms with Gasteiger partial charge in [0, 0.05) is 6.42 Å². The van der Waals surface area contributed by atoms with Gasteiger partial charge in [-0.2, -0.15) is 0 Å². The molecule has 1 saturated heterocycles. The van der Waals surface area contributed by atoms with Gasteiger partial charge in [-0.3, -0.25) is 4.79 Å². The number of ether oxygens (including phenoxy) is 2. The Labute approximate surface area is 168 Å². The van der Waals surface area contributed by atoms with Crippen molar-refractivity contribution in [1.29, 1.82) is 0 Å². The van der Waals surface area contributed by atoms with Crippen molar-refractivity contribution in [3.63, 3.8) is 0 Å². The predicted octanol–water partition coefficient (Wildman–Crippen LogP) is 4.98. The largest absolute Gasteiger partial charge is 0.463 e. The number of hydrogen-bond acceptors (Lipinski definition) is 4. The lowest BCUT2D eigenvalue weighted by Gasteiger charge is -2.57. The molecular weight excluding hydrogens is 352 g/mol. The van der Waals surface area contributed by atoms with Gasteiger partial charge in [0.1, 0.15) is 0 Å². The van der Waals surface area contributed by atoms with Gasteiger partial charge in [0.2, 0.25) is 6.10 Å². The molecule has 3 aliphatic carbocycles. The van der Waals surface area contributed by atoms with E-state index in [9.17, 15) is 9.59 Å². The van der Waals surface area contributed by atoms with Gasteiger partial charge >= 0.3 is 11.9 Å². The molecule has 0 aromatic rings. The topological polar surface area (TPSA) is 52.6 Å². The highest BCUT2D eigenvalue weighted by molar-refractivity contribution is 5.83. The molecule has 4 aliphatic rings. The highest BCUT2D eigenvalue weighted by Crippen LogP contribution is 2.62. The summed E-state index contributed by atoms with van der Waals surface area (Å²) in [5, 5.41) is 0. The van der Waals surface area contributed by atoms with Crippen LogP contribution in [0.25, 0.3) is 0 Å². The zero-order valence-corrected chi connectivity index (χ0v) is 17.8. The molecule has 4 rings (SSSR count). The summed E-state index contributed by atoms with van der Waals surface area (Å²) in [6.07, 6.45) is 10.9. The van der Waals surface area contributed by atoms with Crippen LogP contribution in [0.15, 0.2) is 23.3 Å². The number of fused-ring (bicyclic) bond motifs is 3. The van der Waals surface area contributed by atoms with Gasteiger partial charge < -0.3 is 9.47 Å². The highest BCUT2D eigenvalue weighted by atomic mass is 16.6. The molecule has 4 nitrogen and oxygen atoms in total. The second-order valence-corrected chi connectivity index (χ2v) is 10.1. The van der Waals surface area contributed by atoms with Crippen LogP contribution in [0.2, 0.25) is 0 Å². The van der Waals surface area contributed by atoms with E-state index in [1.807, 2.05) is 0 Å². The highest BCUT2D eigenvalue weighted by Gasteiger charge is 2.58. The molecule has 1 heterocycles. The van der Waals surface area contributed by atoms with Gasteiger partial charge in [-0.25, -0.2) is 4.79 Å². The summed E-state index contributed by atoms with van der Waals surface area (Å²) in [5.41, 5.74) is 2.64. The van der Waals surface area contributed by atoms with Crippen LogP contribution in [0.4, 0.5) is 0 Å². The Morgan fingerprint density at radius 3 is 2.71 bits per heavy atom. The molecule has 4 heteroatoms. The first-order valence-electron chi connectivity index (χ1n) is 11.0. The molecule has 5 unspecified atom stereocenters. The SMILES string of the molecule is CC(C)C1=CC2=CCC3C(C)(C(=O)OC4CCOC4=O)CCCC3(C)C2CC1. The number of esters is 2. The van der Waals surface area contributed by atoms with Gasteiger partial charge in [-0.05, 0) is 67.8 Å². The number of cyclic esters (lactones) is 1. The van der Waals surface area contributed by atoms with Crippen molar-refractivity contribution in [1.82, 2.24) is 0 Å². The quantitative estimate of drug-likeness (QED) is 0.642. The molecule has 0 bridgehead atoms. The molecule has 5 atom stereocenters. The zero-order valence-electron chi connectivity index (χ0n) is 17.8. The van der Waals surface area contributed by atoms with E-state index in [1.54, 1.807) is 5.57 Å². The van der Waals surface area contributed by atoms with Gasteiger partial charge in [-0.15, -0.1) is 0 Å². The number of carbonyl (C=O) groups is 2. The molecule has 154 valence electrons. The molecule has 0 aromatic heterocycles. The monoisotopic (exact) mass is 386 g/mol. The molecule has 1 saturated carbocycles. The minimum Gasteiger partial charge on any atom is -0.463 e. The maximum atomic E-state index is 13.3. The van der Waals surface area contributed by atoms with E-state index < -0.39 is 11.5 Å². The molecule has 0 amide bonds. The van der Waals surface area contributed by atoms with Crippen molar-refractivity contribution in [3.05, 3.63) is 23.3 Å². The molecule has 28 heavy (non-hydrogen) atoms. The fraction of sp³-hybridized carbons (Fsp3) is 0.750. The fourth-order valence-corrected chi connectivity index (χ4v) is 6.44. The second-order valence-electron chi connectivity index (χ2n) is 10.1. The molecular formula is C24H34O4. The van der Waals surface area contributed by atoms with Crippen LogP contribution < -0.4 is 0 Å². The molecule has 0 aromatic carbocycles.